The number of aromatic nitrogens is 2. The van der Waals surface area contributed by atoms with E-state index in [0.717, 1.165) is 5.56 Å². The Hall–Kier alpha value is -1.94. The summed E-state index contributed by atoms with van der Waals surface area (Å²) in [5.74, 6) is 0.745. The van der Waals surface area contributed by atoms with Crippen molar-refractivity contribution in [3.8, 4) is 17.0 Å². The highest BCUT2D eigenvalue weighted by Gasteiger charge is 2.05. The van der Waals surface area contributed by atoms with Crippen LogP contribution in [0.4, 0.5) is 0 Å². The molecule has 0 fully saturated rings. The number of rotatable bonds is 3. The summed E-state index contributed by atoms with van der Waals surface area (Å²) in [5.41, 5.74) is 1.45. The van der Waals surface area contributed by atoms with Crippen LogP contribution in [-0.2, 0) is 0 Å². The number of benzene rings is 1. The first-order chi connectivity index (χ1) is 8.24. The van der Waals surface area contributed by atoms with Crippen LogP contribution in [0, 0.1) is 0 Å². The van der Waals surface area contributed by atoms with E-state index in [1.54, 1.807) is 25.3 Å². The third-order valence-electron chi connectivity index (χ3n) is 2.23. The van der Waals surface area contributed by atoms with Gasteiger partial charge in [0.15, 0.2) is 12.1 Å². The SMILES string of the molecule is COc1ccc(-c2ccnc(C=O)n2)cc1Cl. The van der Waals surface area contributed by atoms with Gasteiger partial charge in [-0.15, -0.1) is 0 Å². The monoisotopic (exact) mass is 248 g/mol. The molecule has 0 N–H and O–H groups in total. The van der Waals surface area contributed by atoms with E-state index >= 15 is 0 Å². The summed E-state index contributed by atoms with van der Waals surface area (Å²) in [5, 5.41) is 0.497. The Bertz CT molecular complexity index is 558. The van der Waals surface area contributed by atoms with E-state index in [-0.39, 0.29) is 5.82 Å². The van der Waals surface area contributed by atoms with Crippen LogP contribution in [0.5, 0.6) is 5.75 Å². The second kappa shape index (κ2) is 4.93. The van der Waals surface area contributed by atoms with Crippen molar-refractivity contribution in [2.24, 2.45) is 0 Å². The first kappa shape index (κ1) is 11.5. The molecule has 17 heavy (non-hydrogen) atoms. The first-order valence-corrected chi connectivity index (χ1v) is 5.24. The van der Waals surface area contributed by atoms with E-state index in [4.69, 9.17) is 16.3 Å². The number of aldehydes is 1. The number of carbonyl (C=O) groups is 1. The molecule has 0 aliphatic heterocycles. The molecular weight excluding hydrogens is 240 g/mol. The van der Waals surface area contributed by atoms with Crippen LogP contribution in [0.1, 0.15) is 10.6 Å². The van der Waals surface area contributed by atoms with Crippen molar-refractivity contribution in [1.82, 2.24) is 9.97 Å². The first-order valence-electron chi connectivity index (χ1n) is 4.86. The summed E-state index contributed by atoms with van der Waals surface area (Å²) in [4.78, 5) is 18.5. The minimum Gasteiger partial charge on any atom is -0.495 e. The number of nitrogens with zero attached hydrogens (tertiary/aromatic N) is 2. The van der Waals surface area contributed by atoms with E-state index in [0.29, 0.717) is 22.8 Å². The summed E-state index contributed by atoms with van der Waals surface area (Å²) in [6.07, 6.45) is 2.14. The maximum atomic E-state index is 10.6. The zero-order valence-corrected chi connectivity index (χ0v) is 9.81. The fraction of sp³-hybridized carbons (Fsp3) is 0.0833. The van der Waals surface area contributed by atoms with E-state index < -0.39 is 0 Å². The van der Waals surface area contributed by atoms with Gasteiger partial charge in [-0.05, 0) is 24.3 Å². The quantitative estimate of drug-likeness (QED) is 0.784. The van der Waals surface area contributed by atoms with Crippen LogP contribution in [-0.4, -0.2) is 23.4 Å². The summed E-state index contributed by atoms with van der Waals surface area (Å²) in [7, 11) is 1.55. The number of ether oxygens (including phenoxy) is 1. The van der Waals surface area contributed by atoms with Gasteiger partial charge in [0.2, 0.25) is 0 Å². The topological polar surface area (TPSA) is 52.1 Å². The molecule has 4 nitrogen and oxygen atoms in total. The van der Waals surface area contributed by atoms with Crippen molar-refractivity contribution >= 4 is 17.9 Å². The molecule has 2 rings (SSSR count). The predicted molar refractivity (Wildman–Crippen MR) is 64.4 cm³/mol. The lowest BCUT2D eigenvalue weighted by Crippen LogP contribution is -1.94. The largest absolute Gasteiger partial charge is 0.495 e. The zero-order chi connectivity index (χ0) is 12.3. The summed E-state index contributed by atoms with van der Waals surface area (Å²) < 4.78 is 5.06. The molecule has 0 aliphatic carbocycles. The van der Waals surface area contributed by atoms with Gasteiger partial charge in [-0.1, -0.05) is 11.6 Å². The van der Waals surface area contributed by atoms with Gasteiger partial charge in [0, 0.05) is 11.8 Å². The molecule has 1 aromatic heterocycles. The van der Waals surface area contributed by atoms with Crippen molar-refractivity contribution in [2.45, 2.75) is 0 Å². The molecule has 1 aromatic carbocycles. The third kappa shape index (κ3) is 2.42. The Morgan fingerprint density at radius 3 is 2.82 bits per heavy atom. The average Bonchev–Trinajstić information content (AvgIpc) is 2.38. The second-order valence-corrected chi connectivity index (χ2v) is 3.67. The smallest absolute Gasteiger partial charge is 0.193 e. The fourth-order valence-electron chi connectivity index (χ4n) is 1.42. The van der Waals surface area contributed by atoms with Crippen LogP contribution in [0.2, 0.25) is 5.02 Å². The Balaban J connectivity index is 2.45. The molecule has 0 radical (unpaired) electrons. The van der Waals surface area contributed by atoms with Gasteiger partial charge in [-0.25, -0.2) is 9.97 Å². The molecule has 5 heteroatoms. The molecule has 0 unspecified atom stereocenters. The van der Waals surface area contributed by atoms with E-state index in [2.05, 4.69) is 9.97 Å². The Labute approximate surface area is 103 Å². The molecule has 0 atom stereocenters. The van der Waals surface area contributed by atoms with Gasteiger partial charge in [-0.3, -0.25) is 4.79 Å². The van der Waals surface area contributed by atoms with Gasteiger partial charge in [0.05, 0.1) is 17.8 Å². The second-order valence-electron chi connectivity index (χ2n) is 3.27. The van der Waals surface area contributed by atoms with Crippen LogP contribution in [0.25, 0.3) is 11.3 Å². The minimum absolute atomic E-state index is 0.148. The van der Waals surface area contributed by atoms with Crippen molar-refractivity contribution in [1.29, 1.82) is 0 Å². The van der Waals surface area contributed by atoms with Gasteiger partial charge < -0.3 is 4.74 Å². The van der Waals surface area contributed by atoms with E-state index in [9.17, 15) is 4.79 Å². The lowest BCUT2D eigenvalue weighted by Gasteiger charge is -2.05. The Morgan fingerprint density at radius 1 is 1.35 bits per heavy atom. The number of methoxy groups -OCH3 is 1. The van der Waals surface area contributed by atoms with Crippen LogP contribution in [0.15, 0.2) is 30.5 Å². The highest BCUT2D eigenvalue weighted by Crippen LogP contribution is 2.29. The number of hydrogen-bond acceptors (Lipinski definition) is 4. The van der Waals surface area contributed by atoms with Crippen LogP contribution < -0.4 is 4.74 Å². The number of carbonyl (C=O) groups excluding carboxylic acids is 1. The van der Waals surface area contributed by atoms with Crippen molar-refractivity contribution in [2.75, 3.05) is 7.11 Å². The molecule has 86 valence electrons. The molecule has 0 saturated heterocycles. The standard InChI is InChI=1S/C12H9ClN2O2/c1-17-11-3-2-8(6-9(11)13)10-4-5-14-12(7-16)15-10/h2-7H,1H3. The van der Waals surface area contributed by atoms with Gasteiger partial charge in [-0.2, -0.15) is 0 Å². The molecule has 2 aromatic rings. The highest BCUT2D eigenvalue weighted by molar-refractivity contribution is 6.32. The maximum Gasteiger partial charge on any atom is 0.193 e. The molecule has 1 heterocycles. The molecule has 0 aliphatic rings. The van der Waals surface area contributed by atoms with Crippen molar-refractivity contribution in [3.63, 3.8) is 0 Å². The van der Waals surface area contributed by atoms with Crippen molar-refractivity contribution < 1.29 is 9.53 Å². The summed E-state index contributed by atoms with van der Waals surface area (Å²) >= 11 is 6.02. The predicted octanol–water partition coefficient (Wildman–Crippen LogP) is 2.62. The molecule has 0 saturated carbocycles. The van der Waals surface area contributed by atoms with Gasteiger partial charge in [0.25, 0.3) is 0 Å². The molecule has 0 spiro atoms. The number of halogens is 1. The summed E-state index contributed by atoms with van der Waals surface area (Å²) in [6.45, 7) is 0. The average molecular weight is 249 g/mol. The normalized spacial score (nSPS) is 10.0. The van der Waals surface area contributed by atoms with E-state index in [1.807, 2.05) is 6.07 Å². The fourth-order valence-corrected chi connectivity index (χ4v) is 1.67. The van der Waals surface area contributed by atoms with Crippen molar-refractivity contribution in [3.05, 3.63) is 41.3 Å². The molecule has 0 bridgehead atoms. The zero-order valence-electron chi connectivity index (χ0n) is 9.05. The Morgan fingerprint density at radius 2 is 2.18 bits per heavy atom. The summed E-state index contributed by atoms with van der Waals surface area (Å²) in [6, 6.07) is 7.02. The molecule has 0 amide bonds. The highest BCUT2D eigenvalue weighted by atomic mass is 35.5. The number of hydrogen-bond donors (Lipinski definition) is 0. The van der Waals surface area contributed by atoms with E-state index in [1.165, 1.54) is 6.20 Å². The molecular formula is C12H9ClN2O2. The minimum atomic E-state index is 0.148. The van der Waals surface area contributed by atoms with Gasteiger partial charge in [0.1, 0.15) is 5.75 Å². The lowest BCUT2D eigenvalue weighted by atomic mass is 10.1. The third-order valence-corrected chi connectivity index (χ3v) is 2.52. The van der Waals surface area contributed by atoms with Crippen LogP contribution in [0.3, 0.4) is 0 Å². The van der Waals surface area contributed by atoms with Crippen LogP contribution >= 0.6 is 11.6 Å². The Kier molecular flexibility index (Phi) is 3.35. The maximum absolute atomic E-state index is 10.6. The van der Waals surface area contributed by atoms with Gasteiger partial charge >= 0.3 is 0 Å². The lowest BCUT2D eigenvalue weighted by molar-refractivity contribution is 0.111.